The lowest BCUT2D eigenvalue weighted by molar-refractivity contribution is -0.135. The maximum Gasteiger partial charge on any atom is 0.257 e. The Kier molecular flexibility index (Phi) is 4.82. The van der Waals surface area contributed by atoms with Crippen LogP contribution in [0.3, 0.4) is 0 Å². The Morgan fingerprint density at radius 3 is 2.81 bits per heavy atom. The third-order valence-corrected chi connectivity index (χ3v) is 5.48. The van der Waals surface area contributed by atoms with Crippen molar-refractivity contribution >= 4 is 5.91 Å². The van der Waals surface area contributed by atoms with E-state index < -0.39 is 0 Å². The number of piperidine rings is 1. The summed E-state index contributed by atoms with van der Waals surface area (Å²) in [6, 6.07) is 0. The number of carbonyl (C=O) groups excluding carboxylic acids is 1. The van der Waals surface area contributed by atoms with Gasteiger partial charge in [0.05, 0.1) is 29.7 Å². The second-order valence-corrected chi connectivity index (χ2v) is 7.40. The van der Waals surface area contributed by atoms with Crippen LogP contribution < -0.4 is 4.74 Å². The summed E-state index contributed by atoms with van der Waals surface area (Å²) in [5.41, 5.74) is 1.24. The molecule has 8 nitrogen and oxygen atoms in total. The molecule has 1 spiro atoms. The van der Waals surface area contributed by atoms with E-state index in [9.17, 15) is 4.79 Å². The van der Waals surface area contributed by atoms with Crippen molar-refractivity contribution in [3.05, 3.63) is 36.0 Å². The molecule has 2 aromatic heterocycles. The van der Waals surface area contributed by atoms with Crippen molar-refractivity contribution in [1.29, 1.82) is 0 Å². The average molecular weight is 371 g/mol. The Hall–Kier alpha value is -2.48. The van der Waals surface area contributed by atoms with Crippen LogP contribution in [0.25, 0.3) is 0 Å². The lowest BCUT2D eigenvalue weighted by Crippen LogP contribution is -2.52. The number of likely N-dealkylation sites (tertiary alicyclic amines) is 1. The van der Waals surface area contributed by atoms with Crippen molar-refractivity contribution in [3.63, 3.8) is 0 Å². The fraction of sp³-hybridized carbons (Fsp3) is 0.579. The van der Waals surface area contributed by atoms with E-state index in [0.717, 1.165) is 31.4 Å². The van der Waals surface area contributed by atoms with Gasteiger partial charge in [0, 0.05) is 51.6 Å². The van der Waals surface area contributed by atoms with Gasteiger partial charge in [0.25, 0.3) is 5.91 Å². The number of aryl methyl sites for hydroxylation is 2. The van der Waals surface area contributed by atoms with Crippen molar-refractivity contribution in [2.75, 3.05) is 19.7 Å². The van der Waals surface area contributed by atoms with Gasteiger partial charge in [0.15, 0.2) is 0 Å². The maximum absolute atomic E-state index is 12.8. The molecule has 2 fully saturated rings. The summed E-state index contributed by atoms with van der Waals surface area (Å²) in [5.74, 6) is 0.609. The molecule has 0 N–H and O–H groups in total. The molecule has 0 aliphatic carbocycles. The lowest BCUT2D eigenvalue weighted by Gasteiger charge is -2.45. The van der Waals surface area contributed by atoms with Crippen molar-refractivity contribution in [2.24, 2.45) is 7.05 Å². The molecule has 1 atom stereocenters. The smallest absolute Gasteiger partial charge is 0.257 e. The van der Waals surface area contributed by atoms with Crippen LogP contribution in [-0.2, 0) is 11.8 Å². The first-order valence-electron chi connectivity index (χ1n) is 9.41. The molecule has 2 aliphatic rings. The molecule has 4 heterocycles. The Morgan fingerprint density at radius 2 is 2.15 bits per heavy atom. The second-order valence-electron chi connectivity index (χ2n) is 7.40. The van der Waals surface area contributed by atoms with E-state index >= 15 is 0 Å². The van der Waals surface area contributed by atoms with Crippen molar-refractivity contribution < 1.29 is 14.3 Å². The molecule has 1 amide bonds. The average Bonchev–Trinajstić information content (AvgIpc) is 3.01. The highest BCUT2D eigenvalue weighted by Crippen LogP contribution is 2.36. The summed E-state index contributed by atoms with van der Waals surface area (Å²) in [6.45, 7) is 3.91. The number of ether oxygens (including phenoxy) is 2. The SMILES string of the molecule is Cc1nn(C)cc1C(=O)N1CCC2(CC1)CC(Oc1cnccn1)CCO2. The Labute approximate surface area is 158 Å². The second kappa shape index (κ2) is 7.26. The number of hydrogen-bond acceptors (Lipinski definition) is 6. The topological polar surface area (TPSA) is 82.4 Å². The number of rotatable bonds is 3. The molecule has 0 radical (unpaired) electrons. The van der Waals surface area contributed by atoms with Gasteiger partial charge in [-0.25, -0.2) is 4.98 Å². The largest absolute Gasteiger partial charge is 0.473 e. The first-order chi connectivity index (χ1) is 13.0. The summed E-state index contributed by atoms with van der Waals surface area (Å²) in [6.07, 6.45) is 10.1. The molecule has 4 rings (SSSR count). The first kappa shape index (κ1) is 17.9. The molecule has 2 aliphatic heterocycles. The van der Waals surface area contributed by atoms with E-state index in [1.54, 1.807) is 29.5 Å². The highest BCUT2D eigenvalue weighted by molar-refractivity contribution is 5.95. The third-order valence-electron chi connectivity index (χ3n) is 5.48. The molecular weight excluding hydrogens is 346 g/mol. The van der Waals surface area contributed by atoms with E-state index in [-0.39, 0.29) is 17.6 Å². The van der Waals surface area contributed by atoms with Gasteiger partial charge in [-0.3, -0.25) is 14.5 Å². The minimum atomic E-state index is -0.216. The monoisotopic (exact) mass is 371 g/mol. The van der Waals surface area contributed by atoms with Crippen LogP contribution in [0.5, 0.6) is 5.88 Å². The van der Waals surface area contributed by atoms with E-state index in [4.69, 9.17) is 9.47 Å². The quantitative estimate of drug-likeness (QED) is 0.818. The van der Waals surface area contributed by atoms with Gasteiger partial charge in [-0.15, -0.1) is 0 Å². The van der Waals surface area contributed by atoms with E-state index in [2.05, 4.69) is 15.1 Å². The van der Waals surface area contributed by atoms with Gasteiger partial charge in [-0.2, -0.15) is 5.10 Å². The third kappa shape index (κ3) is 3.80. The van der Waals surface area contributed by atoms with Gasteiger partial charge in [-0.1, -0.05) is 0 Å². The van der Waals surface area contributed by atoms with E-state index in [1.807, 2.05) is 18.9 Å². The number of aromatic nitrogens is 4. The lowest BCUT2D eigenvalue weighted by atomic mass is 9.83. The van der Waals surface area contributed by atoms with Crippen molar-refractivity contribution in [2.45, 2.75) is 44.3 Å². The highest BCUT2D eigenvalue weighted by Gasteiger charge is 2.42. The Morgan fingerprint density at radius 1 is 1.33 bits per heavy atom. The van der Waals surface area contributed by atoms with Crippen molar-refractivity contribution in [1.82, 2.24) is 24.6 Å². The summed E-state index contributed by atoms with van der Waals surface area (Å²) in [7, 11) is 1.84. The summed E-state index contributed by atoms with van der Waals surface area (Å²) in [4.78, 5) is 23.0. The molecule has 2 saturated heterocycles. The van der Waals surface area contributed by atoms with Crippen LogP contribution in [0.1, 0.15) is 41.7 Å². The number of nitrogens with zero attached hydrogens (tertiary/aromatic N) is 5. The number of carbonyl (C=O) groups is 1. The fourth-order valence-electron chi connectivity index (χ4n) is 4.05. The van der Waals surface area contributed by atoms with Crippen LogP contribution in [0.4, 0.5) is 0 Å². The van der Waals surface area contributed by atoms with Crippen LogP contribution in [-0.4, -0.2) is 62.0 Å². The Balaban J connectivity index is 1.37. The summed E-state index contributed by atoms with van der Waals surface area (Å²) in [5, 5.41) is 4.28. The van der Waals surface area contributed by atoms with E-state index in [0.29, 0.717) is 31.1 Å². The zero-order valence-electron chi connectivity index (χ0n) is 15.8. The predicted molar refractivity (Wildman–Crippen MR) is 97.4 cm³/mol. The molecule has 0 saturated carbocycles. The van der Waals surface area contributed by atoms with E-state index in [1.165, 1.54) is 0 Å². The minimum Gasteiger partial charge on any atom is -0.473 e. The van der Waals surface area contributed by atoms with Crippen molar-refractivity contribution in [3.8, 4) is 5.88 Å². The van der Waals surface area contributed by atoms with Gasteiger partial charge in [0.1, 0.15) is 6.10 Å². The highest BCUT2D eigenvalue weighted by atomic mass is 16.5. The molecule has 2 aromatic rings. The van der Waals surface area contributed by atoms with Crippen LogP contribution in [0.2, 0.25) is 0 Å². The van der Waals surface area contributed by atoms with Crippen LogP contribution in [0, 0.1) is 6.92 Å². The maximum atomic E-state index is 12.8. The fourth-order valence-corrected chi connectivity index (χ4v) is 4.05. The minimum absolute atomic E-state index is 0.0543. The molecule has 8 heteroatoms. The number of hydrogen-bond donors (Lipinski definition) is 0. The summed E-state index contributed by atoms with van der Waals surface area (Å²) >= 11 is 0. The molecule has 144 valence electrons. The van der Waals surface area contributed by atoms with Gasteiger partial charge in [-0.05, 0) is 19.8 Å². The molecule has 0 aromatic carbocycles. The standard InChI is InChI=1S/C19H25N5O3/c1-14-16(13-23(2)22-14)18(25)24-8-4-19(5-9-24)11-15(3-10-26-19)27-17-12-20-6-7-21-17/h6-7,12-13,15H,3-5,8-11H2,1-2H3. The Bertz CT molecular complexity index is 799. The zero-order chi connectivity index (χ0) is 18.9. The zero-order valence-corrected chi connectivity index (χ0v) is 15.8. The molecular formula is C19H25N5O3. The normalized spacial score (nSPS) is 22.0. The summed E-state index contributed by atoms with van der Waals surface area (Å²) < 4.78 is 13.9. The van der Waals surface area contributed by atoms with Gasteiger partial charge >= 0.3 is 0 Å². The van der Waals surface area contributed by atoms with Crippen LogP contribution in [0.15, 0.2) is 24.8 Å². The number of amides is 1. The first-order valence-corrected chi connectivity index (χ1v) is 9.41. The molecule has 1 unspecified atom stereocenters. The predicted octanol–water partition coefficient (Wildman–Crippen LogP) is 1.75. The molecule has 27 heavy (non-hydrogen) atoms. The van der Waals surface area contributed by atoms with Gasteiger partial charge in [0.2, 0.25) is 5.88 Å². The van der Waals surface area contributed by atoms with Gasteiger partial charge < -0.3 is 14.4 Å². The van der Waals surface area contributed by atoms with Crippen LogP contribution >= 0.6 is 0 Å². The molecule has 0 bridgehead atoms.